The molecule has 0 bridgehead atoms. The van der Waals surface area contributed by atoms with Crippen molar-refractivity contribution in [1.29, 1.82) is 0 Å². The zero-order valence-corrected chi connectivity index (χ0v) is 7.07. The number of hydrogen-bond donors (Lipinski definition) is 1. The molecule has 1 rings (SSSR count). The number of ether oxygens (including phenoxy) is 1. The molecule has 0 amide bonds. The topological polar surface area (TPSA) is 65.2 Å². The number of anilines is 1. The van der Waals surface area contributed by atoms with Crippen LogP contribution >= 0.6 is 11.5 Å². The Balaban J connectivity index is 3.10. The zero-order chi connectivity index (χ0) is 8.43. The van der Waals surface area contributed by atoms with E-state index >= 15 is 0 Å². The first-order valence-corrected chi connectivity index (χ1v) is 3.74. The van der Waals surface area contributed by atoms with Crippen molar-refractivity contribution in [2.45, 2.75) is 6.92 Å². The predicted octanol–water partition coefficient (Wildman–Crippen LogP) is 0.820. The zero-order valence-electron chi connectivity index (χ0n) is 6.25. The van der Waals surface area contributed by atoms with Gasteiger partial charge in [0.25, 0.3) is 0 Å². The van der Waals surface area contributed by atoms with Crippen LogP contribution in [0.5, 0.6) is 0 Å². The number of esters is 1. The third kappa shape index (κ3) is 1.32. The Bertz CT molecular complexity index is 263. The molecule has 0 radical (unpaired) electrons. The highest BCUT2D eigenvalue weighted by Gasteiger charge is 2.15. The van der Waals surface area contributed by atoms with E-state index in [1.54, 1.807) is 6.92 Å². The number of rotatable bonds is 1. The van der Waals surface area contributed by atoms with Gasteiger partial charge in [-0.2, -0.15) is 4.37 Å². The number of carbonyl (C=O) groups is 1. The van der Waals surface area contributed by atoms with Crippen LogP contribution in [0.3, 0.4) is 0 Å². The van der Waals surface area contributed by atoms with Crippen LogP contribution in [0, 0.1) is 6.92 Å². The first-order chi connectivity index (χ1) is 5.16. The molecule has 0 aromatic carbocycles. The fourth-order valence-corrected chi connectivity index (χ4v) is 1.39. The quantitative estimate of drug-likeness (QED) is 0.637. The number of hydrogen-bond acceptors (Lipinski definition) is 5. The molecule has 0 saturated heterocycles. The second-order valence-electron chi connectivity index (χ2n) is 2.00. The molecule has 0 aliphatic rings. The number of nitrogens with zero attached hydrogens (tertiary/aromatic N) is 1. The van der Waals surface area contributed by atoms with Crippen LogP contribution in [0.4, 0.5) is 5.00 Å². The average Bonchev–Trinajstić information content (AvgIpc) is 2.30. The van der Waals surface area contributed by atoms with Crippen LogP contribution < -0.4 is 5.73 Å². The van der Waals surface area contributed by atoms with Gasteiger partial charge in [-0.15, -0.1) is 0 Å². The number of carbonyl (C=O) groups excluding carboxylic acids is 1. The first kappa shape index (κ1) is 8.00. The van der Waals surface area contributed by atoms with Gasteiger partial charge in [0, 0.05) is 0 Å². The molecule has 11 heavy (non-hydrogen) atoms. The lowest BCUT2D eigenvalue weighted by atomic mass is 10.2. The van der Waals surface area contributed by atoms with Crippen molar-refractivity contribution in [3.63, 3.8) is 0 Å². The van der Waals surface area contributed by atoms with Crippen molar-refractivity contribution in [3.05, 3.63) is 11.3 Å². The van der Waals surface area contributed by atoms with Gasteiger partial charge in [0.1, 0.15) is 10.6 Å². The maximum absolute atomic E-state index is 11.0. The lowest BCUT2D eigenvalue weighted by Crippen LogP contribution is -2.04. The van der Waals surface area contributed by atoms with E-state index in [1.807, 2.05) is 0 Å². The molecule has 1 heterocycles. The normalized spacial score (nSPS) is 9.64. The molecule has 0 atom stereocenters. The van der Waals surface area contributed by atoms with Crippen LogP contribution in [-0.2, 0) is 4.74 Å². The number of aryl methyl sites for hydroxylation is 1. The molecule has 0 unspecified atom stereocenters. The van der Waals surface area contributed by atoms with Crippen LogP contribution in [0.15, 0.2) is 0 Å². The van der Waals surface area contributed by atoms with Gasteiger partial charge in [-0.25, -0.2) is 4.79 Å². The highest BCUT2D eigenvalue weighted by molar-refractivity contribution is 7.10. The predicted molar refractivity (Wildman–Crippen MR) is 42.6 cm³/mol. The van der Waals surface area contributed by atoms with Gasteiger partial charge in [-0.1, -0.05) is 0 Å². The minimum atomic E-state index is -0.422. The van der Waals surface area contributed by atoms with Crippen molar-refractivity contribution in [2.75, 3.05) is 12.8 Å². The molecular formula is C6H8N2O2S. The van der Waals surface area contributed by atoms with Crippen LogP contribution in [0.2, 0.25) is 0 Å². The first-order valence-electron chi connectivity index (χ1n) is 2.97. The minimum Gasteiger partial charge on any atom is -0.465 e. The van der Waals surface area contributed by atoms with Crippen molar-refractivity contribution >= 4 is 22.5 Å². The molecule has 5 heteroatoms. The van der Waals surface area contributed by atoms with E-state index in [-0.39, 0.29) is 0 Å². The molecule has 0 aliphatic carbocycles. The lowest BCUT2D eigenvalue weighted by molar-refractivity contribution is 0.0601. The molecule has 1 aromatic heterocycles. The molecule has 0 aliphatic heterocycles. The molecule has 0 spiro atoms. The Labute approximate surface area is 68.1 Å². The Morgan fingerprint density at radius 2 is 2.36 bits per heavy atom. The van der Waals surface area contributed by atoms with Gasteiger partial charge >= 0.3 is 5.97 Å². The van der Waals surface area contributed by atoms with Crippen molar-refractivity contribution in [3.8, 4) is 0 Å². The summed E-state index contributed by atoms with van der Waals surface area (Å²) in [6.45, 7) is 1.72. The maximum atomic E-state index is 11.0. The van der Waals surface area contributed by atoms with E-state index in [2.05, 4.69) is 9.11 Å². The Hall–Kier alpha value is -1.10. The Morgan fingerprint density at radius 3 is 2.73 bits per heavy atom. The van der Waals surface area contributed by atoms with Gasteiger partial charge in [0.15, 0.2) is 0 Å². The van der Waals surface area contributed by atoms with Crippen molar-refractivity contribution < 1.29 is 9.53 Å². The molecular weight excluding hydrogens is 164 g/mol. The Morgan fingerprint density at radius 1 is 1.73 bits per heavy atom. The van der Waals surface area contributed by atoms with Crippen LogP contribution in [0.25, 0.3) is 0 Å². The fraction of sp³-hybridized carbons (Fsp3) is 0.333. The second kappa shape index (κ2) is 2.87. The standard InChI is InChI=1S/C6H8N2O2S/c1-3-4(6(9)10-2)5(7)11-8-3/h7H2,1-2H3. The summed E-state index contributed by atoms with van der Waals surface area (Å²) in [4.78, 5) is 11.0. The molecule has 1 aromatic rings. The molecule has 0 saturated carbocycles. The van der Waals surface area contributed by atoms with Gasteiger partial charge in [-0.3, -0.25) is 0 Å². The summed E-state index contributed by atoms with van der Waals surface area (Å²) in [5, 5.41) is 0.411. The van der Waals surface area contributed by atoms with E-state index in [4.69, 9.17) is 5.73 Å². The third-order valence-electron chi connectivity index (χ3n) is 1.28. The van der Waals surface area contributed by atoms with E-state index < -0.39 is 5.97 Å². The molecule has 4 nitrogen and oxygen atoms in total. The number of aromatic nitrogens is 1. The van der Waals surface area contributed by atoms with E-state index in [0.29, 0.717) is 16.3 Å². The number of nitrogens with two attached hydrogens (primary N) is 1. The van der Waals surface area contributed by atoms with Gasteiger partial charge < -0.3 is 10.5 Å². The summed E-state index contributed by atoms with van der Waals surface area (Å²) in [6, 6.07) is 0. The van der Waals surface area contributed by atoms with E-state index in [1.165, 1.54) is 7.11 Å². The summed E-state index contributed by atoms with van der Waals surface area (Å²) in [5.41, 5.74) is 6.48. The number of nitrogen functional groups attached to an aromatic ring is 1. The van der Waals surface area contributed by atoms with Gasteiger partial charge in [-0.05, 0) is 18.5 Å². The van der Waals surface area contributed by atoms with Crippen LogP contribution in [0.1, 0.15) is 16.1 Å². The lowest BCUT2D eigenvalue weighted by Gasteiger charge is -1.96. The summed E-state index contributed by atoms with van der Waals surface area (Å²) in [5.74, 6) is -0.422. The van der Waals surface area contributed by atoms with Gasteiger partial charge in [0.2, 0.25) is 0 Å². The van der Waals surface area contributed by atoms with E-state index in [0.717, 1.165) is 11.5 Å². The SMILES string of the molecule is COC(=O)c1c(C)nsc1N. The minimum absolute atomic E-state index is 0.387. The second-order valence-corrected chi connectivity index (χ2v) is 2.80. The van der Waals surface area contributed by atoms with E-state index in [9.17, 15) is 4.79 Å². The maximum Gasteiger partial charge on any atom is 0.342 e. The smallest absolute Gasteiger partial charge is 0.342 e. The van der Waals surface area contributed by atoms with Crippen molar-refractivity contribution in [2.24, 2.45) is 0 Å². The fourth-order valence-electron chi connectivity index (χ4n) is 0.738. The molecule has 60 valence electrons. The number of methoxy groups -OCH3 is 1. The summed E-state index contributed by atoms with van der Waals surface area (Å²) in [7, 11) is 1.32. The van der Waals surface area contributed by atoms with Gasteiger partial charge in [0.05, 0.1) is 12.8 Å². The monoisotopic (exact) mass is 172 g/mol. The molecule has 0 fully saturated rings. The summed E-state index contributed by atoms with van der Waals surface area (Å²) < 4.78 is 8.41. The molecule has 2 N–H and O–H groups in total. The summed E-state index contributed by atoms with van der Waals surface area (Å²) in [6.07, 6.45) is 0. The average molecular weight is 172 g/mol. The Kier molecular flexibility index (Phi) is 2.09. The highest BCUT2D eigenvalue weighted by Crippen LogP contribution is 2.20. The largest absolute Gasteiger partial charge is 0.465 e. The third-order valence-corrected chi connectivity index (χ3v) is 2.04. The van der Waals surface area contributed by atoms with Crippen LogP contribution in [-0.4, -0.2) is 17.5 Å². The summed E-state index contributed by atoms with van der Waals surface area (Å²) >= 11 is 1.10. The van der Waals surface area contributed by atoms with Crippen molar-refractivity contribution in [1.82, 2.24) is 4.37 Å². The highest BCUT2D eigenvalue weighted by atomic mass is 32.1.